The Hall–Kier alpha value is -4.27. The molecule has 0 unspecified atom stereocenters. The van der Waals surface area contributed by atoms with E-state index in [0.717, 1.165) is 5.56 Å². The third kappa shape index (κ3) is 3.87. The topological polar surface area (TPSA) is 115 Å². The van der Waals surface area contributed by atoms with E-state index in [1.54, 1.807) is 56.8 Å². The first-order chi connectivity index (χ1) is 15.5. The summed E-state index contributed by atoms with van der Waals surface area (Å²) in [5.41, 5.74) is 1.84. The summed E-state index contributed by atoms with van der Waals surface area (Å²) >= 11 is 0. The maximum Gasteiger partial charge on any atom is 0.347 e. The van der Waals surface area contributed by atoms with Gasteiger partial charge in [-0.15, -0.1) is 0 Å². The van der Waals surface area contributed by atoms with Crippen molar-refractivity contribution in [1.82, 2.24) is 4.98 Å². The summed E-state index contributed by atoms with van der Waals surface area (Å²) in [7, 11) is 3.05. The number of carbonyl (C=O) groups is 1. The van der Waals surface area contributed by atoms with Crippen LogP contribution in [0.25, 0.3) is 11.6 Å². The first-order valence-corrected chi connectivity index (χ1v) is 9.78. The van der Waals surface area contributed by atoms with Crippen LogP contribution in [0.4, 0.5) is 17.4 Å². The molecule has 3 aromatic rings. The van der Waals surface area contributed by atoms with Crippen molar-refractivity contribution in [3.63, 3.8) is 0 Å². The van der Waals surface area contributed by atoms with E-state index in [0.29, 0.717) is 28.6 Å². The molecule has 0 amide bonds. The lowest BCUT2D eigenvalue weighted by Gasteiger charge is -2.11. The smallest absolute Gasteiger partial charge is 0.347 e. The fraction of sp³-hybridized carbons (Fsp3) is 0.174. The summed E-state index contributed by atoms with van der Waals surface area (Å²) in [6.45, 7) is 1.81. The number of hydrogen-bond acceptors (Lipinski definition) is 9. The molecule has 0 aliphatic carbocycles. The van der Waals surface area contributed by atoms with Crippen molar-refractivity contribution in [3.8, 4) is 17.2 Å². The highest BCUT2D eigenvalue weighted by atomic mass is 16.5. The summed E-state index contributed by atoms with van der Waals surface area (Å²) < 4.78 is 21.6. The van der Waals surface area contributed by atoms with Gasteiger partial charge in [-0.1, -0.05) is 0 Å². The van der Waals surface area contributed by atoms with E-state index >= 15 is 0 Å². The number of methoxy groups -OCH3 is 2. The Labute approximate surface area is 184 Å². The van der Waals surface area contributed by atoms with Crippen LogP contribution >= 0.6 is 0 Å². The molecule has 0 saturated heterocycles. The molecule has 1 aliphatic rings. The second-order valence-electron chi connectivity index (χ2n) is 6.66. The van der Waals surface area contributed by atoms with Gasteiger partial charge in [-0.2, -0.15) is 0 Å². The molecule has 2 aromatic heterocycles. The van der Waals surface area contributed by atoms with Gasteiger partial charge in [-0.3, -0.25) is 0 Å². The number of allylic oxidation sites excluding steroid dienone is 1. The van der Waals surface area contributed by atoms with Gasteiger partial charge in [0.15, 0.2) is 22.9 Å². The molecule has 9 nitrogen and oxygen atoms in total. The zero-order chi connectivity index (χ0) is 22.7. The predicted octanol–water partition coefficient (Wildman–Crippen LogP) is 4.57. The molecule has 9 heteroatoms. The number of furan rings is 1. The Morgan fingerprint density at radius 3 is 2.84 bits per heavy atom. The second-order valence-corrected chi connectivity index (χ2v) is 6.66. The van der Waals surface area contributed by atoms with Gasteiger partial charge in [-0.05, 0) is 37.3 Å². The first-order valence-electron chi connectivity index (χ1n) is 9.78. The maximum absolute atomic E-state index is 12.6. The molecule has 0 spiro atoms. The lowest BCUT2D eigenvalue weighted by atomic mass is 10.1. The Morgan fingerprint density at radius 1 is 1.25 bits per heavy atom. The van der Waals surface area contributed by atoms with Gasteiger partial charge >= 0.3 is 5.97 Å². The third-order valence-electron chi connectivity index (χ3n) is 4.76. The number of fused-ring (bicyclic) bond motifs is 1. The van der Waals surface area contributed by atoms with Gasteiger partial charge in [0.05, 0.1) is 26.5 Å². The van der Waals surface area contributed by atoms with E-state index in [9.17, 15) is 9.90 Å². The zero-order valence-electron chi connectivity index (χ0n) is 17.7. The number of pyridine rings is 1. The van der Waals surface area contributed by atoms with Crippen LogP contribution in [0.3, 0.4) is 0 Å². The summed E-state index contributed by atoms with van der Waals surface area (Å²) in [6, 6.07) is 8.75. The quantitative estimate of drug-likeness (QED) is 0.519. The molecule has 1 aromatic carbocycles. The average molecular weight is 435 g/mol. The minimum Gasteiger partial charge on any atom is -0.504 e. The van der Waals surface area contributed by atoms with Gasteiger partial charge in [0, 0.05) is 29.6 Å². The van der Waals surface area contributed by atoms with Crippen LogP contribution in [-0.4, -0.2) is 43.1 Å². The number of ether oxygens (including phenoxy) is 3. The zero-order valence-corrected chi connectivity index (χ0v) is 17.7. The van der Waals surface area contributed by atoms with Gasteiger partial charge < -0.3 is 29.1 Å². The van der Waals surface area contributed by atoms with Crippen molar-refractivity contribution in [2.24, 2.45) is 4.99 Å². The van der Waals surface area contributed by atoms with E-state index in [1.807, 2.05) is 6.07 Å². The van der Waals surface area contributed by atoms with E-state index in [-0.39, 0.29) is 29.6 Å². The monoisotopic (exact) mass is 435 g/mol. The number of esters is 1. The van der Waals surface area contributed by atoms with Gasteiger partial charge in [0.25, 0.3) is 0 Å². The SMILES string of the molecule is CCOC(=O)c1c(Nc2ccc(OC)cc2OC)oc(C=C2C=Nc3ncccc32)c1O. The highest BCUT2D eigenvalue weighted by molar-refractivity contribution is 6.21. The van der Waals surface area contributed by atoms with E-state index in [4.69, 9.17) is 18.6 Å². The number of hydrogen-bond donors (Lipinski definition) is 2. The molecule has 0 fully saturated rings. The largest absolute Gasteiger partial charge is 0.504 e. The highest BCUT2D eigenvalue weighted by Crippen LogP contribution is 2.41. The Balaban J connectivity index is 1.77. The molecule has 2 N–H and O–H groups in total. The molecule has 164 valence electrons. The number of aromatic nitrogens is 1. The third-order valence-corrected chi connectivity index (χ3v) is 4.76. The van der Waals surface area contributed by atoms with Gasteiger partial charge in [-0.25, -0.2) is 14.8 Å². The maximum atomic E-state index is 12.6. The molecule has 0 saturated carbocycles. The summed E-state index contributed by atoms with van der Waals surface area (Å²) in [6.07, 6.45) is 4.85. The lowest BCUT2D eigenvalue weighted by molar-refractivity contribution is 0.0524. The normalized spacial score (nSPS) is 13.2. The number of aromatic hydroxyl groups is 1. The van der Waals surface area contributed by atoms with Crippen molar-refractivity contribution < 1.29 is 28.5 Å². The van der Waals surface area contributed by atoms with Crippen LogP contribution in [0.5, 0.6) is 17.2 Å². The second kappa shape index (κ2) is 8.84. The number of anilines is 2. The fourth-order valence-electron chi connectivity index (χ4n) is 3.22. The molecular weight excluding hydrogens is 414 g/mol. The lowest BCUT2D eigenvalue weighted by Crippen LogP contribution is -2.06. The predicted molar refractivity (Wildman–Crippen MR) is 119 cm³/mol. The molecule has 32 heavy (non-hydrogen) atoms. The molecule has 0 bridgehead atoms. The van der Waals surface area contributed by atoms with Crippen molar-refractivity contribution >= 4 is 41.2 Å². The highest BCUT2D eigenvalue weighted by Gasteiger charge is 2.28. The van der Waals surface area contributed by atoms with Crippen molar-refractivity contribution in [2.45, 2.75) is 6.92 Å². The fourth-order valence-corrected chi connectivity index (χ4v) is 3.22. The molecule has 1 aliphatic heterocycles. The van der Waals surface area contributed by atoms with E-state index < -0.39 is 5.97 Å². The van der Waals surface area contributed by atoms with Crippen LogP contribution < -0.4 is 14.8 Å². The number of carbonyl (C=O) groups excluding carboxylic acids is 1. The Kier molecular flexibility index (Phi) is 5.80. The summed E-state index contributed by atoms with van der Waals surface area (Å²) in [5, 5.41) is 13.8. The van der Waals surface area contributed by atoms with E-state index in [2.05, 4.69) is 15.3 Å². The Bertz CT molecular complexity index is 1230. The number of rotatable bonds is 7. The molecule has 4 rings (SSSR count). The molecule has 0 radical (unpaired) electrons. The van der Waals surface area contributed by atoms with Crippen LogP contribution in [0.1, 0.15) is 28.6 Å². The minimum absolute atomic E-state index is 0.0117. The van der Waals surface area contributed by atoms with Crippen LogP contribution in [-0.2, 0) is 4.74 Å². The standard InChI is InChI=1S/C23H21N3O6/c1-4-31-23(28)19-20(27)18(10-13-12-25-21-15(13)6-5-9-24-21)32-22(19)26-16-8-7-14(29-2)11-17(16)30-3/h5-12,26-27H,4H2,1-3H3. The molecule has 3 heterocycles. The first kappa shape index (κ1) is 21.0. The number of nitrogens with zero attached hydrogens (tertiary/aromatic N) is 2. The van der Waals surface area contributed by atoms with E-state index in [1.165, 1.54) is 7.11 Å². The van der Waals surface area contributed by atoms with Crippen molar-refractivity contribution in [1.29, 1.82) is 0 Å². The average Bonchev–Trinajstić information content (AvgIpc) is 3.35. The van der Waals surface area contributed by atoms with Crippen LogP contribution in [0.2, 0.25) is 0 Å². The van der Waals surface area contributed by atoms with Gasteiger partial charge in [0.1, 0.15) is 11.5 Å². The van der Waals surface area contributed by atoms with Crippen molar-refractivity contribution in [2.75, 3.05) is 26.1 Å². The Morgan fingerprint density at radius 2 is 2.09 bits per heavy atom. The number of aliphatic imine (C=N–C) groups is 1. The number of benzene rings is 1. The minimum atomic E-state index is -0.726. The molecule has 0 atom stereocenters. The number of nitrogens with one attached hydrogen (secondary N) is 1. The van der Waals surface area contributed by atoms with Gasteiger partial charge in [0.2, 0.25) is 5.88 Å². The summed E-state index contributed by atoms with van der Waals surface area (Å²) in [4.78, 5) is 21.0. The molecular formula is C23H21N3O6. The van der Waals surface area contributed by atoms with Crippen LogP contribution in [0, 0.1) is 0 Å². The van der Waals surface area contributed by atoms with Crippen molar-refractivity contribution in [3.05, 3.63) is 53.4 Å². The summed E-state index contributed by atoms with van der Waals surface area (Å²) in [5.74, 6) is 0.624. The van der Waals surface area contributed by atoms with Crippen LogP contribution in [0.15, 0.2) is 45.9 Å².